The summed E-state index contributed by atoms with van der Waals surface area (Å²) < 4.78 is 76.3. The molecule has 218 valence electrons. The zero-order valence-electron chi connectivity index (χ0n) is 21.2. The number of para-hydroxylation sites is 1. The van der Waals surface area contributed by atoms with Crippen molar-refractivity contribution in [3.05, 3.63) is 76.1 Å². The number of carbonyl (C=O) groups excluding carboxylic acids is 1. The number of phosphoric acid groups is 1. The molecule has 2 heterocycles. The van der Waals surface area contributed by atoms with Gasteiger partial charge in [0.05, 0.1) is 33.2 Å². The maximum absolute atomic E-state index is 14.6. The number of alkyl halides is 3. The number of nitrogens with one attached hydrogen (secondary N) is 3. The Morgan fingerprint density at radius 3 is 2.51 bits per heavy atom. The molecule has 0 radical (unpaired) electrons. The summed E-state index contributed by atoms with van der Waals surface area (Å²) in [5.41, 5.74) is -1.25. The molecule has 0 spiro atoms. The molecule has 16 heteroatoms. The minimum atomic E-state index is -5.17. The lowest BCUT2D eigenvalue weighted by atomic mass is 9.97. The molecule has 0 aromatic heterocycles. The fourth-order valence-electron chi connectivity index (χ4n) is 4.61. The van der Waals surface area contributed by atoms with Crippen LogP contribution in [0.4, 0.5) is 40.3 Å². The number of anilines is 4. The van der Waals surface area contributed by atoms with E-state index in [2.05, 4.69) is 16.0 Å². The van der Waals surface area contributed by atoms with Crippen LogP contribution in [0.3, 0.4) is 0 Å². The van der Waals surface area contributed by atoms with E-state index in [4.69, 9.17) is 21.0 Å². The number of rotatable bonds is 6. The predicted octanol–water partition coefficient (Wildman–Crippen LogP) is 6.12. The first-order valence-electron chi connectivity index (χ1n) is 11.9. The molecule has 0 saturated heterocycles. The van der Waals surface area contributed by atoms with Crippen molar-refractivity contribution in [3.63, 3.8) is 0 Å². The number of hydroxylamine groups is 1. The topological polar surface area (TPSA) is 132 Å². The van der Waals surface area contributed by atoms with E-state index in [1.807, 2.05) is 0 Å². The molecule has 5 N–H and O–H groups in total. The van der Waals surface area contributed by atoms with E-state index < -0.39 is 43.2 Å². The normalized spacial score (nSPS) is 17.4. The molecule has 41 heavy (non-hydrogen) atoms. The van der Waals surface area contributed by atoms with E-state index in [1.165, 1.54) is 18.2 Å². The van der Waals surface area contributed by atoms with Gasteiger partial charge in [-0.05, 0) is 56.3 Å². The minimum Gasteiger partial charge on any atom is -0.486 e. The molecule has 3 aromatic rings. The average molecular weight is 617 g/mol. The fourth-order valence-corrected chi connectivity index (χ4v) is 5.23. The summed E-state index contributed by atoms with van der Waals surface area (Å²) >= 11 is 6.13. The van der Waals surface area contributed by atoms with Crippen LogP contribution in [0.1, 0.15) is 35.3 Å². The van der Waals surface area contributed by atoms with Gasteiger partial charge in [-0.2, -0.15) is 22.9 Å². The second-order valence-corrected chi connectivity index (χ2v) is 11.4. The zero-order chi connectivity index (χ0) is 29.9. The van der Waals surface area contributed by atoms with E-state index in [1.54, 1.807) is 13.8 Å². The fraction of sp³-hybridized carbons (Fsp3) is 0.240. The van der Waals surface area contributed by atoms with Crippen molar-refractivity contribution in [3.8, 4) is 5.75 Å². The van der Waals surface area contributed by atoms with Crippen LogP contribution >= 0.6 is 19.4 Å². The molecule has 0 bridgehead atoms. The van der Waals surface area contributed by atoms with Crippen LogP contribution in [-0.4, -0.2) is 27.6 Å². The highest BCUT2D eigenvalue weighted by Crippen LogP contribution is 2.53. The SMILES string of the molecule is CC1(C)Cc2c(c(C(=O)Nc3ccc(C(F)(F)F)cc3)cc3c2N(OP(=O)(O)O)C(Nc2c(F)cccc2Cl)N3)O1. The zero-order valence-corrected chi connectivity index (χ0v) is 22.9. The Balaban J connectivity index is 1.55. The Kier molecular flexibility index (Phi) is 7.11. The van der Waals surface area contributed by atoms with Crippen LogP contribution < -0.4 is 25.8 Å². The van der Waals surface area contributed by atoms with Gasteiger partial charge in [0.1, 0.15) is 17.2 Å². The number of hydrogen-bond acceptors (Lipinski definition) is 7. The Labute approximate surface area is 235 Å². The van der Waals surface area contributed by atoms with Crippen LogP contribution in [0.15, 0.2) is 48.5 Å². The van der Waals surface area contributed by atoms with Gasteiger partial charge in [0, 0.05) is 17.7 Å². The summed E-state index contributed by atoms with van der Waals surface area (Å²) in [6, 6.07) is 9.09. The number of nitrogens with zero attached hydrogens (tertiary/aromatic N) is 1. The number of fused-ring (bicyclic) bond motifs is 3. The van der Waals surface area contributed by atoms with Crippen LogP contribution in [-0.2, 0) is 21.8 Å². The van der Waals surface area contributed by atoms with Gasteiger partial charge in [-0.15, -0.1) is 0 Å². The molecule has 0 fully saturated rings. The van der Waals surface area contributed by atoms with E-state index in [0.29, 0.717) is 5.56 Å². The first-order chi connectivity index (χ1) is 19.0. The lowest BCUT2D eigenvalue weighted by Gasteiger charge is -2.28. The molecule has 0 aliphatic carbocycles. The standard InChI is InChI=1S/C25H22ClF4N4O6P/c1-24(2)11-15-20-18(32-23(34(20)40-41(36,37)38)33-19-16(26)4-3-5-17(19)27)10-14(21(15)39-24)22(35)31-13-8-6-12(7-9-13)25(28,29)30/h3-10,23,32-33H,11H2,1-2H3,(H,31,35)(H2,36,37,38). The lowest BCUT2D eigenvalue weighted by molar-refractivity contribution is -0.137. The Hall–Kier alpha value is -3.55. The molecule has 2 aliphatic heterocycles. The number of halogens is 5. The van der Waals surface area contributed by atoms with Gasteiger partial charge in [0.25, 0.3) is 5.91 Å². The second-order valence-electron chi connectivity index (χ2n) is 9.88. The van der Waals surface area contributed by atoms with Gasteiger partial charge in [-0.25, -0.2) is 8.96 Å². The molecule has 3 aromatic carbocycles. The van der Waals surface area contributed by atoms with Crippen LogP contribution in [0.2, 0.25) is 5.02 Å². The largest absolute Gasteiger partial charge is 0.491 e. The van der Waals surface area contributed by atoms with Crippen molar-refractivity contribution in [2.75, 3.05) is 21.0 Å². The van der Waals surface area contributed by atoms with Crippen molar-refractivity contribution in [2.45, 2.75) is 38.3 Å². The second kappa shape index (κ2) is 10.1. The minimum absolute atomic E-state index is 0.0163. The molecule has 2 aliphatic rings. The Bertz CT molecular complexity index is 1560. The predicted molar refractivity (Wildman–Crippen MR) is 142 cm³/mol. The number of hydrogen-bond donors (Lipinski definition) is 5. The highest BCUT2D eigenvalue weighted by Gasteiger charge is 2.44. The van der Waals surface area contributed by atoms with Crippen molar-refractivity contribution in [2.24, 2.45) is 0 Å². The average Bonchev–Trinajstić information content (AvgIpc) is 3.35. The van der Waals surface area contributed by atoms with Crippen molar-refractivity contribution in [1.82, 2.24) is 0 Å². The maximum atomic E-state index is 14.6. The Morgan fingerprint density at radius 1 is 1.22 bits per heavy atom. The highest BCUT2D eigenvalue weighted by atomic mass is 35.5. The van der Waals surface area contributed by atoms with Crippen LogP contribution in [0, 0.1) is 5.82 Å². The lowest BCUT2D eigenvalue weighted by Crippen LogP contribution is -2.42. The molecular weight excluding hydrogens is 595 g/mol. The van der Waals surface area contributed by atoms with Gasteiger partial charge in [-0.3, -0.25) is 4.79 Å². The first kappa shape index (κ1) is 29.0. The van der Waals surface area contributed by atoms with E-state index in [0.717, 1.165) is 35.4 Å². The van der Waals surface area contributed by atoms with Gasteiger partial charge in [-0.1, -0.05) is 17.7 Å². The van der Waals surface area contributed by atoms with Gasteiger partial charge in [0.15, 0.2) is 0 Å². The summed E-state index contributed by atoms with van der Waals surface area (Å²) in [6.45, 7) is 3.45. The van der Waals surface area contributed by atoms with E-state index >= 15 is 0 Å². The third-order valence-electron chi connectivity index (χ3n) is 6.23. The molecule has 1 unspecified atom stereocenters. The molecule has 0 saturated carbocycles. The van der Waals surface area contributed by atoms with Crippen LogP contribution in [0.25, 0.3) is 0 Å². The van der Waals surface area contributed by atoms with Crippen molar-refractivity contribution < 1.29 is 46.1 Å². The van der Waals surface area contributed by atoms with E-state index in [-0.39, 0.29) is 45.5 Å². The summed E-state index contributed by atoms with van der Waals surface area (Å²) in [5, 5.41) is 8.96. The van der Waals surface area contributed by atoms with Gasteiger partial charge < -0.3 is 30.5 Å². The van der Waals surface area contributed by atoms with Crippen molar-refractivity contribution >= 4 is 48.1 Å². The quantitative estimate of drug-likeness (QED) is 0.164. The molecule has 1 amide bonds. The molecular formula is C25H22ClF4N4O6P. The highest BCUT2D eigenvalue weighted by molar-refractivity contribution is 7.46. The third-order valence-corrected chi connectivity index (χ3v) is 6.93. The summed E-state index contributed by atoms with van der Waals surface area (Å²) in [4.78, 5) is 32.6. The number of ether oxygens (including phenoxy) is 1. The summed E-state index contributed by atoms with van der Waals surface area (Å²) in [5.74, 6) is -1.40. The molecule has 5 rings (SSSR count). The molecule has 10 nitrogen and oxygen atoms in total. The monoisotopic (exact) mass is 616 g/mol. The van der Waals surface area contributed by atoms with Gasteiger partial charge >= 0.3 is 14.0 Å². The van der Waals surface area contributed by atoms with Crippen molar-refractivity contribution in [1.29, 1.82) is 0 Å². The first-order valence-corrected chi connectivity index (χ1v) is 13.8. The third kappa shape index (κ3) is 5.92. The maximum Gasteiger partial charge on any atom is 0.491 e. The summed E-state index contributed by atoms with van der Waals surface area (Å²) in [6.07, 6.45) is -5.69. The molecule has 1 atom stereocenters. The summed E-state index contributed by atoms with van der Waals surface area (Å²) in [7, 11) is -5.17. The van der Waals surface area contributed by atoms with Crippen LogP contribution in [0.5, 0.6) is 5.75 Å². The smallest absolute Gasteiger partial charge is 0.486 e. The van der Waals surface area contributed by atoms with E-state index in [9.17, 15) is 36.7 Å². The number of benzene rings is 3. The number of carbonyl (C=O) groups is 1. The Morgan fingerprint density at radius 2 is 1.90 bits per heavy atom. The van der Waals surface area contributed by atoms with Gasteiger partial charge in [0.2, 0.25) is 6.29 Å². The number of amides is 1.